The number of halogens is 2. The molecular weight excluding hydrogens is 394 g/mol. The van der Waals surface area contributed by atoms with Gasteiger partial charge in [-0.05, 0) is 38.0 Å². The minimum atomic E-state index is -3.01. The van der Waals surface area contributed by atoms with Crippen molar-refractivity contribution in [1.29, 1.82) is 0 Å². The van der Waals surface area contributed by atoms with E-state index in [1.165, 1.54) is 19.2 Å². The van der Waals surface area contributed by atoms with Gasteiger partial charge in [-0.15, -0.1) is 0 Å². The number of hydrogen-bond donors (Lipinski definition) is 1. The van der Waals surface area contributed by atoms with E-state index in [2.05, 4.69) is 20.1 Å². The first-order valence-corrected chi connectivity index (χ1v) is 9.53. The first-order chi connectivity index (χ1) is 14.2. The molecule has 1 N–H and O–H groups in total. The van der Waals surface area contributed by atoms with Gasteiger partial charge in [0.2, 0.25) is 0 Å². The number of carbonyl (C=O) groups excluding carboxylic acids is 1. The van der Waals surface area contributed by atoms with Crippen molar-refractivity contribution in [2.75, 3.05) is 12.4 Å². The Morgan fingerprint density at radius 3 is 2.47 bits per heavy atom. The summed E-state index contributed by atoms with van der Waals surface area (Å²) in [4.78, 5) is 17.7. The summed E-state index contributed by atoms with van der Waals surface area (Å²) in [5.41, 5.74) is 2.08. The molecule has 2 aromatic heterocycles. The van der Waals surface area contributed by atoms with E-state index in [1.807, 2.05) is 27.7 Å². The lowest BCUT2D eigenvalue weighted by atomic mass is 10.0. The molecule has 160 valence electrons. The van der Waals surface area contributed by atoms with Crippen LogP contribution in [0.15, 0.2) is 30.5 Å². The topological polar surface area (TPSA) is 78.3 Å². The van der Waals surface area contributed by atoms with Crippen LogP contribution in [0.5, 0.6) is 11.5 Å². The Kier molecular flexibility index (Phi) is 6.19. The Balaban J connectivity index is 2.01. The summed E-state index contributed by atoms with van der Waals surface area (Å²) in [5, 5.41) is 7.72. The van der Waals surface area contributed by atoms with Gasteiger partial charge in [0.15, 0.2) is 17.1 Å². The van der Waals surface area contributed by atoms with E-state index in [0.717, 1.165) is 5.69 Å². The largest absolute Gasteiger partial charge is 0.493 e. The number of amides is 1. The molecule has 0 atom stereocenters. The lowest BCUT2D eigenvalue weighted by Gasteiger charge is -2.14. The molecule has 0 spiro atoms. The summed E-state index contributed by atoms with van der Waals surface area (Å²) >= 11 is 0. The number of aromatic nitrogens is 3. The number of ether oxygens (including phenoxy) is 2. The van der Waals surface area contributed by atoms with Gasteiger partial charge in [-0.25, -0.2) is 9.67 Å². The highest BCUT2D eigenvalue weighted by Crippen LogP contribution is 2.32. The zero-order valence-electron chi connectivity index (χ0n) is 17.4. The van der Waals surface area contributed by atoms with E-state index in [9.17, 15) is 13.6 Å². The molecule has 0 saturated carbocycles. The summed E-state index contributed by atoms with van der Waals surface area (Å²) in [6, 6.07) is 6.10. The number of pyridine rings is 1. The van der Waals surface area contributed by atoms with Crippen LogP contribution in [0.25, 0.3) is 11.0 Å². The Labute approximate surface area is 173 Å². The fourth-order valence-corrected chi connectivity index (χ4v) is 3.04. The molecule has 9 heteroatoms. The highest BCUT2D eigenvalue weighted by molar-refractivity contribution is 6.12. The second-order valence-electron chi connectivity index (χ2n) is 7.37. The molecule has 0 aliphatic carbocycles. The second kappa shape index (κ2) is 8.64. The average molecular weight is 418 g/mol. The second-order valence-corrected chi connectivity index (χ2v) is 7.37. The van der Waals surface area contributed by atoms with Crippen molar-refractivity contribution in [1.82, 2.24) is 14.8 Å². The van der Waals surface area contributed by atoms with E-state index >= 15 is 0 Å². The van der Waals surface area contributed by atoms with E-state index in [4.69, 9.17) is 4.74 Å². The van der Waals surface area contributed by atoms with Gasteiger partial charge < -0.3 is 14.8 Å². The summed E-state index contributed by atoms with van der Waals surface area (Å²) in [6.07, 6.45) is 1.61. The Morgan fingerprint density at radius 1 is 1.13 bits per heavy atom. The van der Waals surface area contributed by atoms with Gasteiger partial charge in [-0.3, -0.25) is 4.79 Å². The SMILES string of the molecule is COc1ccc(NC(=O)c2cc(C(C)C)nc3c2cnn3C(C)C)cc1OC(F)F. The van der Waals surface area contributed by atoms with Gasteiger partial charge in [-0.2, -0.15) is 13.9 Å². The van der Waals surface area contributed by atoms with Gasteiger partial charge in [0.05, 0.1) is 24.3 Å². The third kappa shape index (κ3) is 4.34. The Morgan fingerprint density at radius 2 is 1.87 bits per heavy atom. The summed E-state index contributed by atoms with van der Waals surface area (Å²) in [5.74, 6) is -0.329. The van der Waals surface area contributed by atoms with Gasteiger partial charge in [0.1, 0.15) is 0 Å². The Bertz CT molecular complexity index is 1060. The molecule has 1 amide bonds. The molecule has 3 rings (SSSR count). The molecule has 7 nitrogen and oxygen atoms in total. The zero-order chi connectivity index (χ0) is 22.0. The predicted octanol–water partition coefficient (Wildman–Crippen LogP) is 5.00. The predicted molar refractivity (Wildman–Crippen MR) is 110 cm³/mol. The number of fused-ring (bicyclic) bond motifs is 1. The number of carbonyl (C=O) groups is 1. The van der Waals surface area contributed by atoms with Crippen LogP contribution in [0.3, 0.4) is 0 Å². The van der Waals surface area contributed by atoms with E-state index in [1.54, 1.807) is 23.0 Å². The molecule has 0 radical (unpaired) electrons. The molecule has 0 aliphatic rings. The van der Waals surface area contributed by atoms with Gasteiger partial charge in [0.25, 0.3) is 5.91 Å². The van der Waals surface area contributed by atoms with Crippen molar-refractivity contribution >= 4 is 22.6 Å². The first kappa shape index (κ1) is 21.5. The Hall–Kier alpha value is -3.23. The fraction of sp³-hybridized carbons (Fsp3) is 0.381. The smallest absolute Gasteiger partial charge is 0.387 e. The third-order valence-corrected chi connectivity index (χ3v) is 4.55. The zero-order valence-corrected chi connectivity index (χ0v) is 17.4. The molecule has 3 aromatic rings. The third-order valence-electron chi connectivity index (χ3n) is 4.55. The number of methoxy groups -OCH3 is 1. The van der Waals surface area contributed by atoms with Crippen molar-refractivity contribution in [3.8, 4) is 11.5 Å². The van der Waals surface area contributed by atoms with E-state index < -0.39 is 12.5 Å². The van der Waals surface area contributed by atoms with Crippen LogP contribution in [0.2, 0.25) is 0 Å². The highest BCUT2D eigenvalue weighted by Gasteiger charge is 2.20. The summed E-state index contributed by atoms with van der Waals surface area (Å²) in [6.45, 7) is 4.93. The summed E-state index contributed by atoms with van der Waals surface area (Å²) < 4.78 is 36.6. The number of rotatable bonds is 7. The lowest BCUT2D eigenvalue weighted by molar-refractivity contribution is -0.0511. The van der Waals surface area contributed by atoms with Crippen molar-refractivity contribution in [3.63, 3.8) is 0 Å². The lowest BCUT2D eigenvalue weighted by Crippen LogP contribution is -2.14. The maximum atomic E-state index is 13.1. The van der Waals surface area contributed by atoms with E-state index in [-0.39, 0.29) is 23.5 Å². The van der Waals surface area contributed by atoms with Crippen LogP contribution in [-0.2, 0) is 0 Å². The number of alkyl halides is 2. The van der Waals surface area contributed by atoms with Crippen molar-refractivity contribution in [3.05, 3.63) is 41.7 Å². The van der Waals surface area contributed by atoms with Crippen LogP contribution in [-0.4, -0.2) is 34.4 Å². The number of nitrogens with one attached hydrogen (secondary N) is 1. The molecule has 0 saturated heterocycles. The van der Waals surface area contributed by atoms with Crippen LogP contribution in [0.4, 0.5) is 14.5 Å². The quantitative estimate of drug-likeness (QED) is 0.584. The van der Waals surface area contributed by atoms with E-state index in [0.29, 0.717) is 22.3 Å². The summed E-state index contributed by atoms with van der Waals surface area (Å²) in [7, 11) is 1.35. The minimum absolute atomic E-state index is 0.0731. The number of nitrogens with zero attached hydrogens (tertiary/aromatic N) is 3. The first-order valence-electron chi connectivity index (χ1n) is 9.53. The molecule has 2 heterocycles. The standard InChI is InChI=1S/C21H24F2N4O3/c1-11(2)16-9-14(15-10-24-27(12(3)4)19(15)26-16)20(28)25-13-6-7-17(29-5)18(8-13)30-21(22)23/h6-12,21H,1-5H3,(H,25,28). The normalized spacial score (nSPS) is 11.5. The van der Waals surface area contributed by atoms with Gasteiger partial charge in [-0.1, -0.05) is 13.8 Å². The number of hydrogen-bond acceptors (Lipinski definition) is 5. The number of benzene rings is 1. The van der Waals surface area contributed by atoms with Gasteiger partial charge >= 0.3 is 6.61 Å². The number of anilines is 1. The highest BCUT2D eigenvalue weighted by atomic mass is 19.3. The van der Waals surface area contributed by atoms with Crippen LogP contribution < -0.4 is 14.8 Å². The molecule has 0 aliphatic heterocycles. The molecular formula is C21H24F2N4O3. The average Bonchev–Trinajstić information content (AvgIpc) is 3.11. The molecule has 0 fully saturated rings. The maximum absolute atomic E-state index is 13.1. The molecule has 0 bridgehead atoms. The molecule has 1 aromatic carbocycles. The van der Waals surface area contributed by atoms with Gasteiger partial charge in [0, 0.05) is 23.5 Å². The van der Waals surface area contributed by atoms with Crippen molar-refractivity contribution in [2.24, 2.45) is 0 Å². The minimum Gasteiger partial charge on any atom is -0.493 e. The van der Waals surface area contributed by atoms with Crippen molar-refractivity contribution in [2.45, 2.75) is 46.3 Å². The van der Waals surface area contributed by atoms with Crippen LogP contribution in [0, 0.1) is 0 Å². The maximum Gasteiger partial charge on any atom is 0.387 e. The molecule has 0 unspecified atom stereocenters. The van der Waals surface area contributed by atoms with Crippen LogP contribution in [0.1, 0.15) is 55.7 Å². The molecule has 30 heavy (non-hydrogen) atoms. The fourth-order valence-electron chi connectivity index (χ4n) is 3.04. The van der Waals surface area contributed by atoms with Crippen LogP contribution >= 0.6 is 0 Å². The van der Waals surface area contributed by atoms with Crippen molar-refractivity contribution < 1.29 is 23.0 Å². The monoisotopic (exact) mass is 418 g/mol.